The molecule has 72 valence electrons. The van der Waals surface area contributed by atoms with Crippen LogP contribution in [0.4, 0.5) is 0 Å². The van der Waals surface area contributed by atoms with Gasteiger partial charge < -0.3 is 25.6 Å². The Morgan fingerprint density at radius 3 is 1.92 bits per heavy atom. The highest BCUT2D eigenvalue weighted by Gasteiger charge is 2.26. The molecule has 0 saturated carbocycles. The highest BCUT2D eigenvalue weighted by molar-refractivity contribution is 5.62. The molecule has 0 aromatic heterocycles. The van der Waals surface area contributed by atoms with E-state index in [0.717, 1.165) is 0 Å². The summed E-state index contributed by atoms with van der Waals surface area (Å²) in [6, 6.07) is 0. The minimum absolute atomic E-state index is 0.649. The highest BCUT2D eigenvalue weighted by atomic mass is 16.4. The second-order valence-corrected chi connectivity index (χ2v) is 2.48. The topological polar surface area (TPSA) is 114 Å². The van der Waals surface area contributed by atoms with E-state index in [0.29, 0.717) is 6.21 Å². The number of oxime groups is 1. The van der Waals surface area contributed by atoms with Gasteiger partial charge in [-0.25, -0.2) is 0 Å². The van der Waals surface area contributed by atoms with Crippen LogP contribution in [0.5, 0.6) is 0 Å². The minimum Gasteiger partial charge on any atom is -0.411 e. The Morgan fingerprint density at radius 1 is 1.08 bits per heavy atom. The molecule has 0 fully saturated rings. The van der Waals surface area contributed by atoms with Crippen LogP contribution in [-0.4, -0.2) is 56.3 Å². The molecule has 12 heavy (non-hydrogen) atoms. The van der Waals surface area contributed by atoms with Gasteiger partial charge in [0, 0.05) is 0 Å². The third-order valence-corrected chi connectivity index (χ3v) is 1.41. The number of hydrogen-bond acceptors (Lipinski definition) is 6. The summed E-state index contributed by atoms with van der Waals surface area (Å²) in [5, 5.41) is 46.1. The Labute approximate surface area is 69.4 Å². The molecule has 6 heteroatoms. The molecule has 0 aromatic carbocycles. The Morgan fingerprint density at radius 2 is 1.58 bits per heavy atom. The van der Waals surface area contributed by atoms with E-state index >= 15 is 0 Å². The van der Waals surface area contributed by atoms with Gasteiger partial charge in [0.2, 0.25) is 0 Å². The van der Waals surface area contributed by atoms with E-state index in [1.165, 1.54) is 6.92 Å². The molecule has 0 saturated heterocycles. The van der Waals surface area contributed by atoms with Crippen molar-refractivity contribution in [2.75, 3.05) is 0 Å². The fraction of sp³-hybridized carbons (Fsp3) is 0.833. The summed E-state index contributed by atoms with van der Waals surface area (Å²) in [5.41, 5.74) is 0. The molecule has 0 aliphatic heterocycles. The lowest BCUT2D eigenvalue weighted by Gasteiger charge is -2.21. The maximum atomic E-state index is 9.03. The van der Waals surface area contributed by atoms with Crippen molar-refractivity contribution in [3.05, 3.63) is 0 Å². The van der Waals surface area contributed by atoms with E-state index in [4.69, 9.17) is 25.6 Å². The largest absolute Gasteiger partial charge is 0.411 e. The van der Waals surface area contributed by atoms with Gasteiger partial charge >= 0.3 is 0 Å². The quantitative estimate of drug-likeness (QED) is 0.193. The van der Waals surface area contributed by atoms with E-state index < -0.39 is 24.4 Å². The van der Waals surface area contributed by atoms with E-state index in [1.54, 1.807) is 0 Å². The molecule has 0 unspecified atom stereocenters. The summed E-state index contributed by atoms with van der Waals surface area (Å²) in [5.74, 6) is 0. The van der Waals surface area contributed by atoms with Gasteiger partial charge in [-0.05, 0) is 6.92 Å². The fourth-order valence-electron chi connectivity index (χ4n) is 0.644. The van der Waals surface area contributed by atoms with E-state index in [-0.39, 0.29) is 0 Å². The van der Waals surface area contributed by atoms with Crippen LogP contribution in [-0.2, 0) is 0 Å². The monoisotopic (exact) mass is 179 g/mol. The van der Waals surface area contributed by atoms with E-state index in [9.17, 15) is 0 Å². The maximum Gasteiger partial charge on any atom is 0.121 e. The minimum atomic E-state index is -1.57. The molecule has 0 amide bonds. The first-order valence-electron chi connectivity index (χ1n) is 3.40. The Hall–Kier alpha value is -0.690. The number of aliphatic hydroxyl groups is 4. The first-order valence-corrected chi connectivity index (χ1v) is 3.40. The van der Waals surface area contributed by atoms with Crippen LogP contribution in [0.1, 0.15) is 6.92 Å². The number of hydrogen-bond donors (Lipinski definition) is 5. The molecule has 0 rings (SSSR count). The summed E-state index contributed by atoms with van der Waals surface area (Å²) in [4.78, 5) is 0. The van der Waals surface area contributed by atoms with E-state index in [2.05, 4.69) is 5.16 Å². The van der Waals surface area contributed by atoms with Gasteiger partial charge in [-0.2, -0.15) is 0 Å². The summed E-state index contributed by atoms with van der Waals surface area (Å²) in [7, 11) is 0. The van der Waals surface area contributed by atoms with Crippen LogP contribution in [0.15, 0.2) is 5.16 Å². The van der Waals surface area contributed by atoms with Crippen molar-refractivity contribution >= 4 is 6.21 Å². The van der Waals surface area contributed by atoms with Crippen LogP contribution in [0.25, 0.3) is 0 Å². The summed E-state index contributed by atoms with van der Waals surface area (Å²) < 4.78 is 0. The molecule has 0 spiro atoms. The molecule has 4 atom stereocenters. The van der Waals surface area contributed by atoms with Crippen LogP contribution in [0, 0.1) is 0 Å². The number of nitrogens with zero attached hydrogens (tertiary/aromatic N) is 1. The molecule has 0 bridgehead atoms. The van der Waals surface area contributed by atoms with Gasteiger partial charge in [-0.3, -0.25) is 0 Å². The van der Waals surface area contributed by atoms with Crippen molar-refractivity contribution in [2.24, 2.45) is 5.16 Å². The van der Waals surface area contributed by atoms with Crippen molar-refractivity contribution in [2.45, 2.75) is 31.3 Å². The van der Waals surface area contributed by atoms with Crippen LogP contribution < -0.4 is 0 Å². The Bertz CT molecular complexity index is 149. The molecule has 0 aromatic rings. The first-order chi connectivity index (χ1) is 5.50. The van der Waals surface area contributed by atoms with Gasteiger partial charge in [0.15, 0.2) is 0 Å². The lowest BCUT2D eigenvalue weighted by atomic mass is 10.1. The lowest BCUT2D eigenvalue weighted by molar-refractivity contribution is -0.0824. The first kappa shape index (κ1) is 11.3. The molecule has 0 radical (unpaired) electrons. The zero-order valence-corrected chi connectivity index (χ0v) is 6.57. The molecule has 0 aliphatic rings. The standard InChI is InChI=1S/C6H13NO5/c1-3(8)5(10)6(11)4(9)2-7-12/h2-6,8-12H,1H3/t3-,4+,5+,6-/m0/s1. The van der Waals surface area contributed by atoms with Crippen LogP contribution in [0.2, 0.25) is 0 Å². The van der Waals surface area contributed by atoms with Gasteiger partial charge in [0.25, 0.3) is 0 Å². The zero-order chi connectivity index (χ0) is 9.72. The molecule has 5 N–H and O–H groups in total. The second-order valence-electron chi connectivity index (χ2n) is 2.48. The fourth-order valence-corrected chi connectivity index (χ4v) is 0.644. The van der Waals surface area contributed by atoms with Crippen LogP contribution >= 0.6 is 0 Å². The summed E-state index contributed by atoms with van der Waals surface area (Å²) in [6.45, 7) is 1.26. The lowest BCUT2D eigenvalue weighted by Crippen LogP contribution is -2.43. The molecular weight excluding hydrogens is 166 g/mol. The maximum absolute atomic E-state index is 9.03. The second kappa shape index (κ2) is 5.04. The van der Waals surface area contributed by atoms with E-state index in [1.807, 2.05) is 0 Å². The zero-order valence-electron chi connectivity index (χ0n) is 6.57. The molecule has 0 aliphatic carbocycles. The average molecular weight is 179 g/mol. The van der Waals surface area contributed by atoms with Gasteiger partial charge in [-0.15, -0.1) is 0 Å². The van der Waals surface area contributed by atoms with Crippen molar-refractivity contribution in [1.82, 2.24) is 0 Å². The molecule has 0 heterocycles. The Kier molecular flexibility index (Phi) is 4.75. The van der Waals surface area contributed by atoms with Crippen molar-refractivity contribution < 1.29 is 25.6 Å². The average Bonchev–Trinajstić information content (AvgIpc) is 2.02. The molecule has 6 nitrogen and oxygen atoms in total. The van der Waals surface area contributed by atoms with Gasteiger partial charge in [0.05, 0.1) is 12.3 Å². The number of aliphatic hydroxyl groups excluding tert-OH is 4. The third-order valence-electron chi connectivity index (χ3n) is 1.41. The van der Waals surface area contributed by atoms with Crippen LogP contribution in [0.3, 0.4) is 0 Å². The van der Waals surface area contributed by atoms with Crippen molar-refractivity contribution in [1.29, 1.82) is 0 Å². The van der Waals surface area contributed by atoms with Gasteiger partial charge in [0.1, 0.15) is 18.3 Å². The smallest absolute Gasteiger partial charge is 0.121 e. The van der Waals surface area contributed by atoms with Crippen molar-refractivity contribution in [3.8, 4) is 0 Å². The SMILES string of the molecule is C[C@H](O)[C@@H](O)[C@@H](O)[C@H](O)C=NO. The third kappa shape index (κ3) is 3.14. The predicted octanol–water partition coefficient (Wildman–Crippen LogP) is -2.09. The molecular formula is C6H13NO5. The highest BCUT2D eigenvalue weighted by Crippen LogP contribution is 2.02. The normalized spacial score (nSPS) is 22.1. The summed E-state index contributed by atoms with van der Waals surface area (Å²) in [6.07, 6.45) is -5.06. The van der Waals surface area contributed by atoms with Gasteiger partial charge in [-0.1, -0.05) is 5.16 Å². The van der Waals surface area contributed by atoms with Crippen molar-refractivity contribution in [3.63, 3.8) is 0 Å². The summed E-state index contributed by atoms with van der Waals surface area (Å²) >= 11 is 0. The Balaban J connectivity index is 4.08. The predicted molar refractivity (Wildman–Crippen MR) is 40.0 cm³/mol. The number of rotatable bonds is 4.